The first-order valence-electron chi connectivity index (χ1n) is 18.6. The second kappa shape index (κ2) is 12.7. The van der Waals surface area contributed by atoms with Crippen LogP contribution < -0.4 is 4.90 Å². The molecule has 0 unspecified atom stereocenters. The molecule has 1 aliphatic rings. The average molecular weight is 662 g/mol. The normalized spacial score (nSPS) is 13.2. The molecule has 1 aliphatic carbocycles. The monoisotopic (exact) mass is 661 g/mol. The minimum Gasteiger partial charge on any atom is -0.309 e. The molecule has 0 aliphatic heterocycles. The van der Waals surface area contributed by atoms with Crippen LogP contribution in [0.4, 0.5) is 17.1 Å². The lowest BCUT2D eigenvalue weighted by Crippen LogP contribution is -2.23. The van der Waals surface area contributed by atoms with Gasteiger partial charge in [0.05, 0.1) is 5.69 Å². The molecule has 0 heterocycles. The van der Waals surface area contributed by atoms with Crippen LogP contribution >= 0.6 is 0 Å². The molecule has 0 N–H and O–H groups in total. The van der Waals surface area contributed by atoms with Crippen molar-refractivity contribution in [1.29, 1.82) is 0 Å². The minimum atomic E-state index is -0.0380. The Labute approximate surface area is 304 Å². The summed E-state index contributed by atoms with van der Waals surface area (Å²) < 4.78 is 0. The molecule has 0 aromatic heterocycles. The van der Waals surface area contributed by atoms with E-state index in [1.807, 2.05) is 0 Å². The van der Waals surface area contributed by atoms with Gasteiger partial charge in [0.15, 0.2) is 0 Å². The summed E-state index contributed by atoms with van der Waals surface area (Å²) in [6.07, 6.45) is 2.11. The van der Waals surface area contributed by atoms with Gasteiger partial charge >= 0.3 is 0 Å². The molecule has 0 radical (unpaired) electrons. The van der Waals surface area contributed by atoms with Crippen LogP contribution in [0.3, 0.4) is 0 Å². The number of anilines is 3. The Morgan fingerprint density at radius 1 is 0.549 bits per heavy atom. The molecule has 1 heteroatoms. The lowest BCUT2D eigenvalue weighted by atomic mass is 9.73. The third kappa shape index (κ3) is 5.38. The van der Waals surface area contributed by atoms with Crippen molar-refractivity contribution >= 4 is 27.8 Å². The van der Waals surface area contributed by atoms with Gasteiger partial charge in [-0.05, 0) is 105 Å². The summed E-state index contributed by atoms with van der Waals surface area (Å²) in [5.41, 5.74) is 16.8. The maximum Gasteiger partial charge on any atom is 0.0621 e. The fourth-order valence-corrected chi connectivity index (χ4v) is 8.59. The van der Waals surface area contributed by atoms with Gasteiger partial charge in [0.25, 0.3) is 0 Å². The molecule has 7 aromatic rings. The van der Waals surface area contributed by atoms with Crippen LogP contribution in [-0.4, -0.2) is 0 Å². The Hall–Kier alpha value is -5.40. The van der Waals surface area contributed by atoms with Gasteiger partial charge < -0.3 is 4.90 Å². The van der Waals surface area contributed by atoms with Gasteiger partial charge in [0, 0.05) is 27.7 Å². The highest BCUT2D eigenvalue weighted by Gasteiger charge is 2.43. The van der Waals surface area contributed by atoms with Crippen molar-refractivity contribution < 1.29 is 0 Å². The van der Waals surface area contributed by atoms with Gasteiger partial charge in [-0.2, -0.15) is 0 Å². The average Bonchev–Trinajstić information content (AvgIpc) is 3.44. The molecule has 0 atom stereocenters. The quantitative estimate of drug-likeness (QED) is 0.164. The van der Waals surface area contributed by atoms with Gasteiger partial charge in [0.1, 0.15) is 0 Å². The van der Waals surface area contributed by atoms with Gasteiger partial charge in [0.2, 0.25) is 0 Å². The number of rotatable bonds is 7. The summed E-state index contributed by atoms with van der Waals surface area (Å²) in [5.74, 6) is 0. The Bertz CT molecular complexity index is 2370. The van der Waals surface area contributed by atoms with Crippen LogP contribution in [0.5, 0.6) is 0 Å². The van der Waals surface area contributed by atoms with E-state index in [4.69, 9.17) is 0 Å². The van der Waals surface area contributed by atoms with Crippen molar-refractivity contribution in [3.05, 3.63) is 174 Å². The van der Waals surface area contributed by atoms with E-state index >= 15 is 0 Å². The SMILES string of the molecule is CCC1(CC)c2ccccc2-c2c1cc1ccccc1c2N(c1ccc(-c2ccccc2-c2ccccc2)cc1)c1cc(C(C)(C)C)ccc1C. The standard InChI is InChI=1S/C50H47N/c1-7-50(8-2)44-25-17-16-24-43(44)47-45(50)32-37-20-12-13-23-42(37)48(47)51(46-33-38(49(4,5)6)29-26-34(46)3)39-30-27-36(28-31-39)41-22-15-14-21-40(41)35-18-10-9-11-19-35/h9-33H,7-8H2,1-6H3. The molecule has 0 saturated carbocycles. The van der Waals surface area contributed by atoms with Gasteiger partial charge in [-0.1, -0.05) is 162 Å². The summed E-state index contributed by atoms with van der Waals surface area (Å²) >= 11 is 0. The number of nitrogens with zero attached hydrogens (tertiary/aromatic N) is 1. The first kappa shape index (κ1) is 32.8. The molecule has 1 nitrogen and oxygen atoms in total. The summed E-state index contributed by atoms with van der Waals surface area (Å²) in [4.78, 5) is 2.58. The molecule has 0 saturated heterocycles. The van der Waals surface area contributed by atoms with Crippen LogP contribution in [0.25, 0.3) is 44.2 Å². The maximum absolute atomic E-state index is 2.58. The van der Waals surface area contributed by atoms with Crippen LogP contribution in [0.15, 0.2) is 152 Å². The van der Waals surface area contributed by atoms with Gasteiger partial charge in [-0.3, -0.25) is 0 Å². The third-order valence-electron chi connectivity index (χ3n) is 11.4. The first-order valence-corrected chi connectivity index (χ1v) is 18.6. The van der Waals surface area contributed by atoms with Crippen molar-refractivity contribution in [2.45, 2.75) is 65.2 Å². The Balaban J connectivity index is 1.43. The lowest BCUT2D eigenvalue weighted by Gasteiger charge is -2.34. The molecule has 0 bridgehead atoms. The first-order chi connectivity index (χ1) is 24.7. The van der Waals surface area contributed by atoms with Gasteiger partial charge in [-0.25, -0.2) is 0 Å². The van der Waals surface area contributed by atoms with Crippen LogP contribution in [0.2, 0.25) is 0 Å². The zero-order chi connectivity index (χ0) is 35.3. The van der Waals surface area contributed by atoms with E-state index in [1.54, 1.807) is 0 Å². The second-order valence-corrected chi connectivity index (χ2v) is 15.2. The minimum absolute atomic E-state index is 0.00596. The maximum atomic E-state index is 2.58. The Kier molecular flexibility index (Phi) is 8.19. The Morgan fingerprint density at radius 3 is 1.80 bits per heavy atom. The molecule has 7 aromatic carbocycles. The molecule has 51 heavy (non-hydrogen) atoms. The highest BCUT2D eigenvalue weighted by Crippen LogP contribution is 2.59. The van der Waals surface area contributed by atoms with E-state index < -0.39 is 0 Å². The number of hydrogen-bond donors (Lipinski definition) is 0. The van der Waals surface area contributed by atoms with Crippen LogP contribution in [-0.2, 0) is 10.8 Å². The fourth-order valence-electron chi connectivity index (χ4n) is 8.59. The fraction of sp³-hybridized carbons (Fsp3) is 0.200. The van der Waals surface area contributed by atoms with Crippen molar-refractivity contribution in [2.75, 3.05) is 4.90 Å². The number of fused-ring (bicyclic) bond motifs is 4. The predicted molar refractivity (Wildman–Crippen MR) is 220 cm³/mol. The summed E-state index contributed by atoms with van der Waals surface area (Å²) in [6, 6.07) is 56.6. The van der Waals surface area contributed by atoms with Crippen LogP contribution in [0, 0.1) is 6.92 Å². The predicted octanol–water partition coefficient (Wildman–Crippen LogP) is 14.3. The summed E-state index contributed by atoms with van der Waals surface area (Å²) in [7, 11) is 0. The molecular weight excluding hydrogens is 615 g/mol. The molecule has 0 amide bonds. The van der Waals surface area contributed by atoms with Crippen molar-refractivity contribution in [3.8, 4) is 33.4 Å². The largest absolute Gasteiger partial charge is 0.309 e. The smallest absolute Gasteiger partial charge is 0.0621 e. The molecule has 8 rings (SSSR count). The summed E-state index contributed by atoms with van der Waals surface area (Å²) in [5, 5.41) is 2.56. The number of benzene rings is 7. The lowest BCUT2D eigenvalue weighted by molar-refractivity contribution is 0.491. The summed E-state index contributed by atoms with van der Waals surface area (Å²) in [6.45, 7) is 13.9. The third-order valence-corrected chi connectivity index (χ3v) is 11.4. The highest BCUT2D eigenvalue weighted by molar-refractivity contribution is 6.10. The highest BCUT2D eigenvalue weighted by atomic mass is 15.1. The molecule has 252 valence electrons. The Morgan fingerprint density at radius 2 is 1.14 bits per heavy atom. The van der Waals surface area contributed by atoms with Gasteiger partial charge in [-0.15, -0.1) is 0 Å². The molecule has 0 spiro atoms. The van der Waals surface area contributed by atoms with E-state index in [-0.39, 0.29) is 10.8 Å². The van der Waals surface area contributed by atoms with E-state index in [9.17, 15) is 0 Å². The molecule has 0 fully saturated rings. The van der Waals surface area contributed by atoms with Crippen molar-refractivity contribution in [1.82, 2.24) is 0 Å². The zero-order valence-corrected chi connectivity index (χ0v) is 30.8. The van der Waals surface area contributed by atoms with Crippen molar-refractivity contribution in [2.24, 2.45) is 0 Å². The number of hydrogen-bond acceptors (Lipinski definition) is 1. The van der Waals surface area contributed by atoms with Crippen molar-refractivity contribution in [3.63, 3.8) is 0 Å². The van der Waals surface area contributed by atoms with E-state index in [0.717, 1.165) is 18.5 Å². The van der Waals surface area contributed by atoms with Crippen LogP contribution in [0.1, 0.15) is 69.7 Å². The number of aryl methyl sites for hydroxylation is 1. The zero-order valence-electron chi connectivity index (χ0n) is 30.8. The topological polar surface area (TPSA) is 3.24 Å². The van der Waals surface area contributed by atoms with E-state index in [0.29, 0.717) is 0 Å². The van der Waals surface area contributed by atoms with E-state index in [1.165, 1.54) is 77.8 Å². The second-order valence-electron chi connectivity index (χ2n) is 15.2. The molecular formula is C50H47N. The van der Waals surface area contributed by atoms with E-state index in [2.05, 4.69) is 198 Å².